The van der Waals surface area contributed by atoms with Crippen LogP contribution in [0, 0.1) is 0 Å². The summed E-state index contributed by atoms with van der Waals surface area (Å²) in [6.07, 6.45) is 2.73. The molecule has 0 aromatic heterocycles. The number of nitrogens with one attached hydrogen (secondary N) is 1. The Balaban J connectivity index is 2.37. The normalized spacial score (nSPS) is 10.6. The lowest BCUT2D eigenvalue weighted by molar-refractivity contribution is -0.143. The fourth-order valence-corrected chi connectivity index (χ4v) is 1.62. The highest BCUT2D eigenvalue weighted by molar-refractivity contribution is 6.42. The van der Waals surface area contributed by atoms with E-state index in [0.717, 1.165) is 0 Å². The molecule has 0 aliphatic heterocycles. The molecule has 1 amide bonds. The van der Waals surface area contributed by atoms with Crippen LogP contribution in [0.5, 0.6) is 0 Å². The van der Waals surface area contributed by atoms with E-state index in [4.69, 9.17) is 32.7 Å². The van der Waals surface area contributed by atoms with Crippen molar-refractivity contribution >= 4 is 41.2 Å². The number of hydrogen-bond acceptors (Lipinski definition) is 4. The minimum Gasteiger partial charge on any atom is -0.452 e. The van der Waals surface area contributed by atoms with Crippen molar-refractivity contribution in [3.8, 4) is 0 Å². The van der Waals surface area contributed by atoms with E-state index in [1.54, 1.807) is 18.2 Å². The first kappa shape index (κ1) is 17.5. The summed E-state index contributed by atoms with van der Waals surface area (Å²) in [5, 5.41) is 3.36. The van der Waals surface area contributed by atoms with Crippen molar-refractivity contribution in [2.24, 2.45) is 0 Å². The Morgan fingerprint density at radius 1 is 1.29 bits per heavy atom. The first-order valence-electron chi connectivity index (χ1n) is 6.08. The maximum absolute atomic E-state index is 11.4. The third kappa shape index (κ3) is 7.13. The molecule has 0 saturated heterocycles. The van der Waals surface area contributed by atoms with Gasteiger partial charge in [-0.05, 0) is 23.8 Å². The van der Waals surface area contributed by atoms with E-state index in [0.29, 0.717) is 28.8 Å². The molecule has 0 saturated carbocycles. The van der Waals surface area contributed by atoms with E-state index in [2.05, 4.69) is 5.32 Å². The molecular formula is C14H15Cl2NO4. The Morgan fingerprint density at radius 3 is 2.71 bits per heavy atom. The summed E-state index contributed by atoms with van der Waals surface area (Å²) in [5.74, 6) is -1.01. The topological polar surface area (TPSA) is 64.6 Å². The second kappa shape index (κ2) is 9.39. The SMILES string of the molecule is COCCNC(=O)COC(=O)/C=C/c1ccc(Cl)c(Cl)c1. The van der Waals surface area contributed by atoms with Crippen LogP contribution >= 0.6 is 23.2 Å². The molecule has 0 atom stereocenters. The van der Waals surface area contributed by atoms with E-state index >= 15 is 0 Å². The van der Waals surface area contributed by atoms with Crippen LogP contribution in [0.25, 0.3) is 6.08 Å². The molecule has 0 spiro atoms. The molecule has 1 aromatic carbocycles. The number of carbonyl (C=O) groups is 2. The van der Waals surface area contributed by atoms with Crippen molar-refractivity contribution in [3.63, 3.8) is 0 Å². The maximum atomic E-state index is 11.4. The van der Waals surface area contributed by atoms with Crippen molar-refractivity contribution in [1.29, 1.82) is 0 Å². The molecule has 0 unspecified atom stereocenters. The molecule has 21 heavy (non-hydrogen) atoms. The number of rotatable bonds is 7. The Labute approximate surface area is 132 Å². The van der Waals surface area contributed by atoms with Gasteiger partial charge < -0.3 is 14.8 Å². The summed E-state index contributed by atoms with van der Waals surface area (Å²) in [6, 6.07) is 4.94. The van der Waals surface area contributed by atoms with Crippen LogP contribution in [-0.4, -0.2) is 38.7 Å². The smallest absolute Gasteiger partial charge is 0.331 e. The van der Waals surface area contributed by atoms with Gasteiger partial charge in [0.05, 0.1) is 16.7 Å². The van der Waals surface area contributed by atoms with Gasteiger partial charge in [0.25, 0.3) is 5.91 Å². The Morgan fingerprint density at radius 2 is 2.05 bits per heavy atom. The van der Waals surface area contributed by atoms with Gasteiger partial charge in [-0.25, -0.2) is 4.79 Å². The molecule has 0 aliphatic rings. The van der Waals surface area contributed by atoms with Crippen LogP contribution in [0.4, 0.5) is 0 Å². The number of carbonyl (C=O) groups excluding carboxylic acids is 2. The minimum absolute atomic E-state index is 0.339. The molecule has 1 N–H and O–H groups in total. The fraction of sp³-hybridized carbons (Fsp3) is 0.286. The zero-order valence-corrected chi connectivity index (χ0v) is 12.9. The number of methoxy groups -OCH3 is 1. The lowest BCUT2D eigenvalue weighted by Gasteiger charge is -2.04. The summed E-state index contributed by atoms with van der Waals surface area (Å²) >= 11 is 11.6. The van der Waals surface area contributed by atoms with Crippen LogP contribution in [0.15, 0.2) is 24.3 Å². The highest BCUT2D eigenvalue weighted by Crippen LogP contribution is 2.23. The first-order chi connectivity index (χ1) is 10.0. The first-order valence-corrected chi connectivity index (χ1v) is 6.84. The van der Waals surface area contributed by atoms with Crippen LogP contribution in [0.1, 0.15) is 5.56 Å². The molecule has 7 heteroatoms. The standard InChI is InChI=1S/C14H15Cl2NO4/c1-20-7-6-17-13(18)9-21-14(19)5-3-10-2-4-11(15)12(16)8-10/h2-5,8H,6-7,9H2,1H3,(H,17,18)/b5-3+. The van der Waals surface area contributed by atoms with E-state index in [-0.39, 0.29) is 12.5 Å². The van der Waals surface area contributed by atoms with Gasteiger partial charge in [-0.15, -0.1) is 0 Å². The monoisotopic (exact) mass is 331 g/mol. The molecule has 0 heterocycles. The van der Waals surface area contributed by atoms with Crippen molar-refractivity contribution in [2.75, 3.05) is 26.9 Å². The van der Waals surface area contributed by atoms with Gasteiger partial charge in [0, 0.05) is 19.7 Å². The van der Waals surface area contributed by atoms with Crippen LogP contribution in [0.2, 0.25) is 10.0 Å². The highest BCUT2D eigenvalue weighted by atomic mass is 35.5. The number of amides is 1. The van der Waals surface area contributed by atoms with Gasteiger partial charge >= 0.3 is 5.97 Å². The molecule has 1 aromatic rings. The summed E-state index contributed by atoms with van der Waals surface area (Å²) in [7, 11) is 1.53. The van der Waals surface area contributed by atoms with Crippen molar-refractivity contribution in [3.05, 3.63) is 39.9 Å². The summed E-state index contributed by atoms with van der Waals surface area (Å²) < 4.78 is 9.54. The quantitative estimate of drug-likeness (QED) is 0.473. The van der Waals surface area contributed by atoms with Crippen molar-refractivity contribution in [2.45, 2.75) is 0 Å². The second-order valence-electron chi connectivity index (χ2n) is 3.96. The predicted octanol–water partition coefficient (Wildman–Crippen LogP) is 2.31. The Kier molecular flexibility index (Phi) is 7.82. The highest BCUT2D eigenvalue weighted by Gasteiger charge is 2.04. The molecule has 5 nitrogen and oxygen atoms in total. The van der Waals surface area contributed by atoms with Crippen LogP contribution < -0.4 is 5.32 Å². The molecule has 0 radical (unpaired) electrons. The van der Waals surface area contributed by atoms with E-state index in [1.807, 2.05) is 0 Å². The van der Waals surface area contributed by atoms with E-state index < -0.39 is 5.97 Å². The number of benzene rings is 1. The third-order valence-corrected chi connectivity index (χ3v) is 3.07. The number of halogens is 2. The van der Waals surface area contributed by atoms with Gasteiger partial charge in [0.2, 0.25) is 0 Å². The van der Waals surface area contributed by atoms with Gasteiger partial charge in [0.15, 0.2) is 6.61 Å². The molecule has 0 bridgehead atoms. The third-order valence-electron chi connectivity index (χ3n) is 2.33. The molecular weight excluding hydrogens is 317 g/mol. The zero-order valence-electron chi connectivity index (χ0n) is 11.4. The van der Waals surface area contributed by atoms with Gasteiger partial charge in [-0.3, -0.25) is 4.79 Å². The Bertz CT molecular complexity index is 532. The molecule has 1 rings (SSSR count). The van der Waals surface area contributed by atoms with Gasteiger partial charge in [0.1, 0.15) is 0 Å². The lowest BCUT2D eigenvalue weighted by atomic mass is 10.2. The van der Waals surface area contributed by atoms with Crippen LogP contribution in [0.3, 0.4) is 0 Å². The zero-order chi connectivity index (χ0) is 15.7. The van der Waals surface area contributed by atoms with Gasteiger partial charge in [-0.1, -0.05) is 29.3 Å². The number of esters is 1. The van der Waals surface area contributed by atoms with Gasteiger partial charge in [-0.2, -0.15) is 0 Å². The fourth-order valence-electron chi connectivity index (χ4n) is 1.31. The summed E-state index contributed by atoms with van der Waals surface area (Å²) in [5.41, 5.74) is 0.700. The largest absolute Gasteiger partial charge is 0.452 e. The average molecular weight is 332 g/mol. The Hall–Kier alpha value is -1.56. The molecule has 0 aliphatic carbocycles. The molecule has 0 fully saturated rings. The summed E-state index contributed by atoms with van der Waals surface area (Å²) in [6.45, 7) is 0.428. The minimum atomic E-state index is -0.622. The molecule has 114 valence electrons. The van der Waals surface area contributed by atoms with Crippen molar-refractivity contribution < 1.29 is 19.1 Å². The van der Waals surface area contributed by atoms with Crippen molar-refractivity contribution in [1.82, 2.24) is 5.32 Å². The lowest BCUT2D eigenvalue weighted by Crippen LogP contribution is -2.31. The van der Waals surface area contributed by atoms with E-state index in [9.17, 15) is 9.59 Å². The van der Waals surface area contributed by atoms with Crippen LogP contribution in [-0.2, 0) is 19.1 Å². The second-order valence-corrected chi connectivity index (χ2v) is 4.77. The number of ether oxygens (including phenoxy) is 2. The maximum Gasteiger partial charge on any atom is 0.331 e. The summed E-state index contributed by atoms with van der Waals surface area (Å²) in [4.78, 5) is 22.7. The predicted molar refractivity (Wildman–Crippen MR) is 81.3 cm³/mol. The average Bonchev–Trinajstić information content (AvgIpc) is 2.46. The van der Waals surface area contributed by atoms with E-state index in [1.165, 1.54) is 19.3 Å². The number of hydrogen-bond donors (Lipinski definition) is 1.